The van der Waals surface area contributed by atoms with Gasteiger partial charge in [0.1, 0.15) is 6.10 Å². The molecule has 5 unspecified atom stereocenters. The zero-order valence-electron chi connectivity index (χ0n) is 16.3. The molecule has 5 heteroatoms. The number of carbonyl (C=O) groups excluding carboxylic acids is 1. The lowest BCUT2D eigenvalue weighted by atomic mass is 9.46. The van der Waals surface area contributed by atoms with Crippen LogP contribution < -0.4 is 0 Å². The molecular formula is C21H34O5. The van der Waals surface area contributed by atoms with E-state index in [1.54, 1.807) is 0 Å². The highest BCUT2D eigenvalue weighted by molar-refractivity contribution is 5.69. The number of rotatable bonds is 2. The summed E-state index contributed by atoms with van der Waals surface area (Å²) in [4.78, 5) is 11.9. The van der Waals surface area contributed by atoms with Gasteiger partial charge in [0, 0.05) is 18.3 Å². The fourth-order valence-corrected chi connectivity index (χ4v) is 7.09. The van der Waals surface area contributed by atoms with Gasteiger partial charge in [0.15, 0.2) is 6.29 Å². The SMILES string of the molecule is CCC(=O)O[C@H]1CCC2C3C(O)CC4C[C@@H](O)OC[C@]4(C)C3CC[C@@]21C. The largest absolute Gasteiger partial charge is 0.462 e. The van der Waals surface area contributed by atoms with Crippen LogP contribution in [-0.2, 0) is 14.3 Å². The van der Waals surface area contributed by atoms with Crippen molar-refractivity contribution in [3.8, 4) is 0 Å². The van der Waals surface area contributed by atoms with E-state index in [4.69, 9.17) is 9.47 Å². The third kappa shape index (κ3) is 2.65. The molecule has 0 aromatic carbocycles. The van der Waals surface area contributed by atoms with Crippen LogP contribution in [0.15, 0.2) is 0 Å². The van der Waals surface area contributed by atoms with Crippen LogP contribution in [0.1, 0.15) is 65.7 Å². The molecule has 148 valence electrons. The lowest BCUT2D eigenvalue weighted by molar-refractivity contribution is -0.245. The van der Waals surface area contributed by atoms with Crippen molar-refractivity contribution in [2.45, 2.75) is 84.2 Å². The first-order valence-electron chi connectivity index (χ1n) is 10.5. The second kappa shape index (κ2) is 6.46. The number of esters is 1. The number of aliphatic hydroxyl groups is 2. The van der Waals surface area contributed by atoms with Crippen molar-refractivity contribution in [2.75, 3.05) is 6.61 Å². The van der Waals surface area contributed by atoms with E-state index >= 15 is 0 Å². The smallest absolute Gasteiger partial charge is 0.305 e. The number of hydrogen-bond donors (Lipinski definition) is 2. The van der Waals surface area contributed by atoms with Gasteiger partial charge in [-0.1, -0.05) is 20.8 Å². The molecule has 0 bridgehead atoms. The third-order valence-electron chi connectivity index (χ3n) is 8.63. The zero-order valence-corrected chi connectivity index (χ0v) is 16.3. The van der Waals surface area contributed by atoms with Gasteiger partial charge in [-0.05, 0) is 61.2 Å². The number of carbonyl (C=O) groups is 1. The molecule has 0 radical (unpaired) electrons. The summed E-state index contributed by atoms with van der Waals surface area (Å²) >= 11 is 0. The molecule has 4 rings (SSSR count). The van der Waals surface area contributed by atoms with E-state index in [-0.39, 0.29) is 34.9 Å². The lowest BCUT2D eigenvalue weighted by Crippen LogP contribution is -2.60. The molecule has 0 aromatic heterocycles. The monoisotopic (exact) mass is 366 g/mol. The Kier molecular flexibility index (Phi) is 4.64. The van der Waals surface area contributed by atoms with E-state index in [0.29, 0.717) is 37.2 Å². The summed E-state index contributed by atoms with van der Waals surface area (Å²) in [5.74, 6) is 1.28. The summed E-state index contributed by atoms with van der Waals surface area (Å²) in [5, 5.41) is 21.0. The molecule has 3 aliphatic carbocycles. The van der Waals surface area contributed by atoms with E-state index in [0.717, 1.165) is 32.1 Å². The van der Waals surface area contributed by atoms with Gasteiger partial charge < -0.3 is 19.7 Å². The van der Waals surface area contributed by atoms with Crippen LogP contribution >= 0.6 is 0 Å². The maximum absolute atomic E-state index is 11.9. The fourth-order valence-electron chi connectivity index (χ4n) is 7.09. The number of fused-ring (bicyclic) bond motifs is 5. The second-order valence-electron chi connectivity index (χ2n) is 9.75. The first-order chi connectivity index (χ1) is 12.3. The van der Waals surface area contributed by atoms with Crippen molar-refractivity contribution in [1.82, 2.24) is 0 Å². The van der Waals surface area contributed by atoms with Crippen LogP contribution in [0.25, 0.3) is 0 Å². The topological polar surface area (TPSA) is 76.0 Å². The summed E-state index contributed by atoms with van der Waals surface area (Å²) in [6.07, 6.45) is 4.81. The summed E-state index contributed by atoms with van der Waals surface area (Å²) < 4.78 is 11.5. The molecule has 2 N–H and O–H groups in total. The minimum Gasteiger partial charge on any atom is -0.462 e. The molecule has 0 spiro atoms. The Hall–Kier alpha value is -0.650. The molecule has 0 aromatic rings. The molecule has 3 saturated carbocycles. The maximum atomic E-state index is 11.9. The van der Waals surface area contributed by atoms with Crippen molar-refractivity contribution in [2.24, 2.45) is 34.5 Å². The summed E-state index contributed by atoms with van der Waals surface area (Å²) in [6.45, 7) is 7.01. The minimum atomic E-state index is -0.685. The molecule has 1 saturated heterocycles. The van der Waals surface area contributed by atoms with E-state index < -0.39 is 6.29 Å². The normalized spacial score (nSPS) is 53.3. The predicted molar refractivity (Wildman–Crippen MR) is 96.0 cm³/mol. The fraction of sp³-hybridized carbons (Fsp3) is 0.952. The highest BCUT2D eigenvalue weighted by Gasteiger charge is 2.63. The molecular weight excluding hydrogens is 332 g/mol. The minimum absolute atomic E-state index is 0.0111. The average molecular weight is 366 g/mol. The second-order valence-corrected chi connectivity index (χ2v) is 9.75. The molecule has 1 aliphatic heterocycles. The van der Waals surface area contributed by atoms with Crippen molar-refractivity contribution in [3.63, 3.8) is 0 Å². The Bertz CT molecular complexity index is 565. The maximum Gasteiger partial charge on any atom is 0.305 e. The van der Waals surface area contributed by atoms with E-state index in [1.165, 1.54) is 0 Å². The highest BCUT2D eigenvalue weighted by Crippen LogP contribution is 2.65. The van der Waals surface area contributed by atoms with Gasteiger partial charge in [-0.2, -0.15) is 0 Å². The summed E-state index contributed by atoms with van der Waals surface area (Å²) in [6, 6.07) is 0. The van der Waals surface area contributed by atoms with Crippen molar-refractivity contribution in [1.29, 1.82) is 0 Å². The van der Waals surface area contributed by atoms with Crippen LogP contribution in [0, 0.1) is 34.5 Å². The number of ether oxygens (including phenoxy) is 2. The van der Waals surface area contributed by atoms with E-state index in [9.17, 15) is 15.0 Å². The quantitative estimate of drug-likeness (QED) is 0.735. The van der Waals surface area contributed by atoms with Gasteiger partial charge in [0.25, 0.3) is 0 Å². The average Bonchev–Trinajstić information content (AvgIpc) is 2.93. The first kappa shape index (κ1) is 18.7. The predicted octanol–water partition coefficient (Wildman–Crippen LogP) is 2.88. The van der Waals surface area contributed by atoms with Crippen molar-refractivity contribution >= 4 is 5.97 Å². The van der Waals surface area contributed by atoms with E-state index in [1.807, 2.05) is 6.92 Å². The molecule has 0 amide bonds. The Morgan fingerprint density at radius 3 is 2.58 bits per heavy atom. The Balaban J connectivity index is 1.59. The highest BCUT2D eigenvalue weighted by atomic mass is 16.6. The molecule has 4 aliphatic rings. The van der Waals surface area contributed by atoms with Gasteiger partial charge in [0.2, 0.25) is 0 Å². The molecule has 9 atom stereocenters. The van der Waals surface area contributed by atoms with Crippen LogP contribution in [0.3, 0.4) is 0 Å². The van der Waals surface area contributed by atoms with Crippen molar-refractivity contribution < 1.29 is 24.5 Å². The Labute approximate surface area is 156 Å². The van der Waals surface area contributed by atoms with E-state index in [2.05, 4.69) is 13.8 Å². The molecule has 4 fully saturated rings. The summed E-state index contributed by atoms with van der Waals surface area (Å²) in [5.41, 5.74) is 0.00779. The Morgan fingerprint density at radius 1 is 1.12 bits per heavy atom. The van der Waals surface area contributed by atoms with Gasteiger partial charge in [-0.3, -0.25) is 4.79 Å². The van der Waals surface area contributed by atoms with Crippen LogP contribution in [-0.4, -0.2) is 41.3 Å². The van der Waals surface area contributed by atoms with Gasteiger partial charge >= 0.3 is 5.97 Å². The zero-order chi connectivity index (χ0) is 18.7. The number of hydrogen-bond acceptors (Lipinski definition) is 5. The van der Waals surface area contributed by atoms with Gasteiger partial charge in [-0.15, -0.1) is 0 Å². The Morgan fingerprint density at radius 2 is 1.85 bits per heavy atom. The molecule has 26 heavy (non-hydrogen) atoms. The molecule has 5 nitrogen and oxygen atoms in total. The standard InChI is InChI=1S/C21H34O5/c1-4-17(23)26-16-6-5-13-19-14(7-8-20(13,16)2)21(3)11-25-18(24)10-12(21)9-15(19)22/h12-16,18-19,22,24H,4-11H2,1-3H3/t12?,13?,14?,15?,16-,18-,19?,20-,21-/m0/s1. The van der Waals surface area contributed by atoms with Crippen LogP contribution in [0.2, 0.25) is 0 Å². The van der Waals surface area contributed by atoms with Gasteiger partial charge in [-0.25, -0.2) is 0 Å². The molecule has 1 heterocycles. The van der Waals surface area contributed by atoms with Gasteiger partial charge in [0.05, 0.1) is 12.7 Å². The summed E-state index contributed by atoms with van der Waals surface area (Å²) in [7, 11) is 0. The first-order valence-corrected chi connectivity index (χ1v) is 10.5. The lowest BCUT2D eigenvalue weighted by Gasteiger charge is -2.61. The van der Waals surface area contributed by atoms with Crippen LogP contribution in [0.4, 0.5) is 0 Å². The number of aliphatic hydroxyl groups excluding tert-OH is 2. The third-order valence-corrected chi connectivity index (χ3v) is 8.63. The van der Waals surface area contributed by atoms with Crippen molar-refractivity contribution in [3.05, 3.63) is 0 Å². The van der Waals surface area contributed by atoms with Crippen LogP contribution in [0.5, 0.6) is 0 Å².